The number of hydrogen-bond donors (Lipinski definition) is 0. The molecule has 1 heterocycles. The number of carbonyl (C=O) groups is 2. The predicted octanol–water partition coefficient (Wildman–Crippen LogP) is 3.97. The maximum Gasteiger partial charge on any atom is 0.336 e. The summed E-state index contributed by atoms with van der Waals surface area (Å²) in [5.41, 5.74) is 2.46. The van der Waals surface area contributed by atoms with Gasteiger partial charge in [0.05, 0.1) is 44.4 Å². The zero-order valence-electron chi connectivity index (χ0n) is 17.5. The van der Waals surface area contributed by atoms with Crippen molar-refractivity contribution in [3.8, 4) is 5.75 Å². The van der Waals surface area contributed by atoms with Crippen LogP contribution in [0.4, 0.5) is 0 Å². The molecular weight excluding hydrogens is 382 g/mol. The number of esters is 2. The van der Waals surface area contributed by atoms with Gasteiger partial charge in [-0.1, -0.05) is 42.5 Å². The molecule has 0 aromatic heterocycles. The molecule has 2 aromatic rings. The van der Waals surface area contributed by atoms with Gasteiger partial charge in [0.2, 0.25) is 0 Å². The summed E-state index contributed by atoms with van der Waals surface area (Å²) in [5, 5.41) is 0. The lowest BCUT2D eigenvalue weighted by Crippen LogP contribution is -2.30. The van der Waals surface area contributed by atoms with E-state index in [1.807, 2.05) is 54.3 Å². The molecule has 0 bridgehead atoms. The topological polar surface area (TPSA) is 65.1 Å². The Labute approximate surface area is 176 Å². The Kier molecular flexibility index (Phi) is 6.57. The molecule has 0 aliphatic carbocycles. The van der Waals surface area contributed by atoms with Gasteiger partial charge in [-0.3, -0.25) is 0 Å². The largest absolute Gasteiger partial charge is 0.497 e. The van der Waals surface area contributed by atoms with Crippen LogP contribution in [-0.2, 0) is 19.1 Å². The van der Waals surface area contributed by atoms with E-state index in [-0.39, 0.29) is 6.04 Å². The minimum absolute atomic E-state index is 0.114. The van der Waals surface area contributed by atoms with Gasteiger partial charge in [-0.15, -0.1) is 0 Å². The average Bonchev–Trinajstić information content (AvgIpc) is 2.82. The van der Waals surface area contributed by atoms with Crippen molar-refractivity contribution in [2.75, 3.05) is 21.3 Å². The summed E-state index contributed by atoms with van der Waals surface area (Å²) in [6.45, 7) is 2.00. The molecular formula is C24H25NO5. The molecule has 1 aliphatic heterocycles. The molecule has 2 aromatic carbocycles. The molecule has 0 unspecified atom stereocenters. The lowest BCUT2D eigenvalue weighted by molar-refractivity contribution is -0.137. The molecule has 0 radical (unpaired) electrons. The molecule has 0 amide bonds. The number of ether oxygens (including phenoxy) is 3. The van der Waals surface area contributed by atoms with Gasteiger partial charge in [-0.05, 0) is 30.2 Å². The van der Waals surface area contributed by atoms with Gasteiger partial charge in [0.25, 0.3) is 0 Å². The van der Waals surface area contributed by atoms with Gasteiger partial charge in [0, 0.05) is 12.4 Å². The summed E-state index contributed by atoms with van der Waals surface area (Å²) in [6.07, 6.45) is 3.47. The Hall–Kier alpha value is -3.54. The zero-order valence-corrected chi connectivity index (χ0v) is 17.5. The smallest absolute Gasteiger partial charge is 0.336 e. The summed E-state index contributed by atoms with van der Waals surface area (Å²) in [7, 11) is 4.22. The minimum Gasteiger partial charge on any atom is -0.497 e. The fourth-order valence-corrected chi connectivity index (χ4v) is 3.56. The first kappa shape index (κ1) is 21.2. The van der Waals surface area contributed by atoms with Gasteiger partial charge in [-0.25, -0.2) is 9.59 Å². The summed E-state index contributed by atoms with van der Waals surface area (Å²) < 4.78 is 15.4. The van der Waals surface area contributed by atoms with E-state index in [1.54, 1.807) is 31.6 Å². The van der Waals surface area contributed by atoms with Crippen LogP contribution >= 0.6 is 0 Å². The number of hydrogen-bond acceptors (Lipinski definition) is 6. The van der Waals surface area contributed by atoms with E-state index in [4.69, 9.17) is 14.2 Å². The highest BCUT2D eigenvalue weighted by Crippen LogP contribution is 2.40. The van der Waals surface area contributed by atoms with Crippen molar-refractivity contribution in [2.45, 2.75) is 18.9 Å². The lowest BCUT2D eigenvalue weighted by Gasteiger charge is -2.33. The molecule has 30 heavy (non-hydrogen) atoms. The first-order valence-electron chi connectivity index (χ1n) is 9.56. The molecule has 0 N–H and O–H groups in total. The highest BCUT2D eigenvalue weighted by molar-refractivity contribution is 5.98. The molecule has 3 rings (SSSR count). The van der Waals surface area contributed by atoms with Crippen LogP contribution in [0.1, 0.15) is 30.0 Å². The zero-order chi connectivity index (χ0) is 21.7. The van der Waals surface area contributed by atoms with E-state index in [9.17, 15) is 9.59 Å². The van der Waals surface area contributed by atoms with E-state index in [2.05, 4.69) is 0 Å². The fraction of sp³-hybridized carbons (Fsp3) is 0.250. The van der Waals surface area contributed by atoms with Crippen LogP contribution in [0.15, 0.2) is 78.1 Å². The fourth-order valence-electron chi connectivity index (χ4n) is 3.56. The van der Waals surface area contributed by atoms with Gasteiger partial charge >= 0.3 is 11.9 Å². The predicted molar refractivity (Wildman–Crippen MR) is 113 cm³/mol. The molecule has 1 atom stereocenters. The van der Waals surface area contributed by atoms with E-state index in [0.29, 0.717) is 16.9 Å². The van der Waals surface area contributed by atoms with Crippen LogP contribution in [0.2, 0.25) is 0 Å². The van der Waals surface area contributed by atoms with Gasteiger partial charge in [0.15, 0.2) is 0 Å². The van der Waals surface area contributed by atoms with Crippen molar-refractivity contribution in [1.29, 1.82) is 0 Å². The average molecular weight is 407 g/mol. The molecule has 1 aliphatic rings. The number of methoxy groups -OCH3 is 3. The standard InChI is InChI=1S/C24H25NO5/c1-16(17-9-6-5-7-10-17)25-14-20(23(26)29-3)22(21(15-25)24(27)30-4)18-11-8-12-19(13-18)28-2/h5-16,22H,1-4H3/t16-/m0/s1. The van der Waals surface area contributed by atoms with Gasteiger partial charge in [-0.2, -0.15) is 0 Å². The third kappa shape index (κ3) is 4.22. The maximum atomic E-state index is 12.7. The molecule has 0 saturated heterocycles. The Morgan fingerprint density at radius 1 is 0.867 bits per heavy atom. The molecule has 6 heteroatoms. The van der Waals surface area contributed by atoms with Crippen molar-refractivity contribution >= 4 is 11.9 Å². The second kappa shape index (κ2) is 9.31. The normalized spacial score (nSPS) is 15.0. The van der Waals surface area contributed by atoms with Crippen LogP contribution in [0.3, 0.4) is 0 Å². The molecule has 0 saturated carbocycles. The molecule has 6 nitrogen and oxygen atoms in total. The summed E-state index contributed by atoms with van der Waals surface area (Å²) in [5.74, 6) is -1.04. The van der Waals surface area contributed by atoms with Crippen molar-refractivity contribution in [3.63, 3.8) is 0 Å². The van der Waals surface area contributed by atoms with Crippen molar-refractivity contribution < 1.29 is 23.8 Å². The first-order chi connectivity index (χ1) is 14.5. The van der Waals surface area contributed by atoms with Crippen LogP contribution < -0.4 is 4.74 Å². The second-order valence-electron chi connectivity index (χ2n) is 6.90. The van der Waals surface area contributed by atoms with Crippen molar-refractivity contribution in [2.24, 2.45) is 0 Å². The second-order valence-corrected chi connectivity index (χ2v) is 6.90. The van der Waals surface area contributed by atoms with Crippen molar-refractivity contribution in [3.05, 3.63) is 89.3 Å². The van der Waals surface area contributed by atoms with Crippen LogP contribution in [0.25, 0.3) is 0 Å². The highest BCUT2D eigenvalue weighted by Gasteiger charge is 2.36. The third-order valence-corrected chi connectivity index (χ3v) is 5.20. The van der Waals surface area contributed by atoms with E-state index in [1.165, 1.54) is 14.2 Å². The Bertz CT molecular complexity index is 946. The SMILES string of the molecule is COC(=O)C1=CN([C@@H](C)c2ccccc2)C=C(C(=O)OC)C1c1cccc(OC)c1. The number of benzene rings is 2. The van der Waals surface area contributed by atoms with E-state index >= 15 is 0 Å². The lowest BCUT2D eigenvalue weighted by atomic mass is 9.83. The number of carbonyl (C=O) groups excluding carboxylic acids is 2. The van der Waals surface area contributed by atoms with Crippen LogP contribution in [-0.4, -0.2) is 38.2 Å². The summed E-state index contributed by atoms with van der Waals surface area (Å²) in [4.78, 5) is 27.3. The first-order valence-corrected chi connectivity index (χ1v) is 9.56. The molecule has 156 valence electrons. The maximum absolute atomic E-state index is 12.7. The van der Waals surface area contributed by atoms with Crippen LogP contribution in [0.5, 0.6) is 5.75 Å². The highest BCUT2D eigenvalue weighted by atomic mass is 16.5. The number of rotatable bonds is 6. The summed E-state index contributed by atoms with van der Waals surface area (Å²) >= 11 is 0. The monoisotopic (exact) mass is 407 g/mol. The van der Waals surface area contributed by atoms with Gasteiger partial charge < -0.3 is 19.1 Å². The summed E-state index contributed by atoms with van der Waals surface area (Å²) in [6, 6.07) is 17.0. The third-order valence-electron chi connectivity index (χ3n) is 5.20. The quantitative estimate of drug-likeness (QED) is 0.675. The molecule has 0 spiro atoms. The molecule has 0 fully saturated rings. The van der Waals surface area contributed by atoms with Crippen molar-refractivity contribution in [1.82, 2.24) is 4.90 Å². The van der Waals surface area contributed by atoms with E-state index < -0.39 is 17.9 Å². The van der Waals surface area contributed by atoms with Gasteiger partial charge in [0.1, 0.15) is 5.75 Å². The minimum atomic E-state index is -0.640. The Morgan fingerprint density at radius 2 is 1.47 bits per heavy atom. The Morgan fingerprint density at radius 3 is 2.00 bits per heavy atom. The van der Waals surface area contributed by atoms with Crippen LogP contribution in [0, 0.1) is 0 Å². The van der Waals surface area contributed by atoms with E-state index in [0.717, 1.165) is 11.1 Å². The Balaban J connectivity index is 2.14. The number of nitrogens with zero attached hydrogens (tertiary/aromatic N) is 1.